The molecule has 3 rings (SSSR count). The molecule has 2 heterocycles. The highest BCUT2D eigenvalue weighted by Gasteiger charge is 2.20. The maximum absolute atomic E-state index is 12.1. The molecule has 2 aliphatic rings. The van der Waals surface area contributed by atoms with E-state index >= 15 is 0 Å². The third-order valence-corrected chi connectivity index (χ3v) is 3.99. The van der Waals surface area contributed by atoms with E-state index in [1.807, 2.05) is 18.2 Å². The van der Waals surface area contributed by atoms with Crippen LogP contribution < -0.4 is 20.1 Å². The van der Waals surface area contributed by atoms with E-state index < -0.39 is 0 Å². The van der Waals surface area contributed by atoms with Gasteiger partial charge in [0.15, 0.2) is 11.5 Å². The summed E-state index contributed by atoms with van der Waals surface area (Å²) in [6, 6.07) is 5.87. The van der Waals surface area contributed by atoms with E-state index in [-0.39, 0.29) is 24.2 Å². The van der Waals surface area contributed by atoms with Gasteiger partial charge >= 0.3 is 0 Å². The van der Waals surface area contributed by atoms with Crippen molar-refractivity contribution in [1.82, 2.24) is 10.6 Å². The SMILES string of the molecule is Cl.O=C(NCc1ccc2c(c1)OCCCO2)C1CCNCC1. The van der Waals surface area contributed by atoms with Crippen molar-refractivity contribution < 1.29 is 14.3 Å². The van der Waals surface area contributed by atoms with E-state index in [2.05, 4.69) is 10.6 Å². The Hall–Kier alpha value is -1.46. The number of ether oxygens (including phenoxy) is 2. The first-order valence-corrected chi connectivity index (χ1v) is 7.70. The van der Waals surface area contributed by atoms with Crippen LogP contribution in [0, 0.1) is 5.92 Å². The van der Waals surface area contributed by atoms with E-state index in [0.29, 0.717) is 19.8 Å². The highest BCUT2D eigenvalue weighted by atomic mass is 35.5. The Morgan fingerprint density at radius 1 is 1.18 bits per heavy atom. The number of nitrogens with one attached hydrogen (secondary N) is 2. The largest absolute Gasteiger partial charge is 0.490 e. The van der Waals surface area contributed by atoms with Gasteiger partial charge in [0.05, 0.1) is 13.2 Å². The number of amides is 1. The first-order chi connectivity index (χ1) is 10.3. The van der Waals surface area contributed by atoms with E-state index in [1.165, 1.54) is 0 Å². The van der Waals surface area contributed by atoms with Gasteiger partial charge in [-0.15, -0.1) is 12.4 Å². The van der Waals surface area contributed by atoms with Crippen LogP contribution in [0.2, 0.25) is 0 Å². The minimum Gasteiger partial charge on any atom is -0.490 e. The van der Waals surface area contributed by atoms with Gasteiger partial charge < -0.3 is 20.1 Å². The van der Waals surface area contributed by atoms with Crippen molar-refractivity contribution in [2.75, 3.05) is 26.3 Å². The van der Waals surface area contributed by atoms with Gasteiger partial charge in [0.1, 0.15) is 0 Å². The summed E-state index contributed by atoms with van der Waals surface area (Å²) in [7, 11) is 0. The third kappa shape index (κ3) is 4.27. The summed E-state index contributed by atoms with van der Waals surface area (Å²) in [5.41, 5.74) is 1.04. The van der Waals surface area contributed by atoms with Crippen LogP contribution in [0.25, 0.3) is 0 Å². The maximum atomic E-state index is 12.1. The molecule has 0 spiro atoms. The lowest BCUT2D eigenvalue weighted by atomic mass is 9.97. The van der Waals surface area contributed by atoms with Gasteiger partial charge in [0.2, 0.25) is 5.91 Å². The molecule has 0 aromatic heterocycles. The summed E-state index contributed by atoms with van der Waals surface area (Å²) in [4.78, 5) is 12.1. The third-order valence-electron chi connectivity index (χ3n) is 3.99. The van der Waals surface area contributed by atoms with Crippen LogP contribution in [0.3, 0.4) is 0 Å². The van der Waals surface area contributed by atoms with E-state index in [9.17, 15) is 4.79 Å². The van der Waals surface area contributed by atoms with Gasteiger partial charge in [-0.2, -0.15) is 0 Å². The number of benzene rings is 1. The minimum absolute atomic E-state index is 0. The molecule has 122 valence electrons. The van der Waals surface area contributed by atoms with Crippen molar-refractivity contribution in [3.8, 4) is 11.5 Å². The minimum atomic E-state index is 0. The molecule has 0 bridgehead atoms. The second kappa shape index (κ2) is 8.25. The number of fused-ring (bicyclic) bond motifs is 1. The lowest BCUT2D eigenvalue weighted by molar-refractivity contribution is -0.125. The number of hydrogen-bond donors (Lipinski definition) is 2. The molecule has 0 saturated carbocycles. The highest BCUT2D eigenvalue weighted by Crippen LogP contribution is 2.30. The van der Waals surface area contributed by atoms with E-state index in [1.54, 1.807) is 0 Å². The Morgan fingerprint density at radius 3 is 2.68 bits per heavy atom. The molecule has 1 saturated heterocycles. The summed E-state index contributed by atoms with van der Waals surface area (Å²) >= 11 is 0. The molecule has 1 aromatic rings. The molecule has 0 radical (unpaired) electrons. The fourth-order valence-electron chi connectivity index (χ4n) is 2.74. The molecule has 2 aliphatic heterocycles. The van der Waals surface area contributed by atoms with Crippen LogP contribution in [-0.4, -0.2) is 32.2 Å². The molecule has 6 heteroatoms. The molecular formula is C16H23ClN2O3. The summed E-state index contributed by atoms with van der Waals surface area (Å²) < 4.78 is 11.3. The number of halogens is 1. The van der Waals surface area contributed by atoms with Gasteiger partial charge in [-0.3, -0.25) is 4.79 Å². The summed E-state index contributed by atoms with van der Waals surface area (Å²) in [5.74, 6) is 1.87. The number of piperidine rings is 1. The highest BCUT2D eigenvalue weighted by molar-refractivity contribution is 5.85. The first kappa shape index (κ1) is 16.9. The molecule has 0 atom stereocenters. The van der Waals surface area contributed by atoms with Crippen molar-refractivity contribution in [1.29, 1.82) is 0 Å². The summed E-state index contributed by atoms with van der Waals surface area (Å²) in [6.07, 6.45) is 2.75. The van der Waals surface area contributed by atoms with Crippen molar-refractivity contribution in [2.24, 2.45) is 5.92 Å². The maximum Gasteiger partial charge on any atom is 0.223 e. The van der Waals surface area contributed by atoms with Crippen LogP contribution >= 0.6 is 12.4 Å². The second-order valence-corrected chi connectivity index (χ2v) is 5.57. The standard InChI is InChI=1S/C16H22N2O3.ClH/c19-16(13-4-6-17-7-5-13)18-11-12-2-3-14-15(10-12)21-9-1-8-20-14;/h2-3,10,13,17H,1,4-9,11H2,(H,18,19);1H. The average molecular weight is 327 g/mol. The molecule has 22 heavy (non-hydrogen) atoms. The Balaban J connectivity index is 0.00000176. The Morgan fingerprint density at radius 2 is 1.91 bits per heavy atom. The molecule has 1 fully saturated rings. The zero-order chi connectivity index (χ0) is 14.5. The molecule has 2 N–H and O–H groups in total. The fourth-order valence-corrected chi connectivity index (χ4v) is 2.74. The lowest BCUT2D eigenvalue weighted by Crippen LogP contribution is -2.37. The Bertz CT molecular complexity index is 504. The molecule has 5 nitrogen and oxygen atoms in total. The molecule has 0 aliphatic carbocycles. The van der Waals surface area contributed by atoms with Gasteiger partial charge in [-0.25, -0.2) is 0 Å². The van der Waals surface area contributed by atoms with Crippen LogP contribution in [0.15, 0.2) is 18.2 Å². The number of carbonyl (C=O) groups is 1. The average Bonchev–Trinajstić information content (AvgIpc) is 2.78. The van der Waals surface area contributed by atoms with Gasteiger partial charge in [0.25, 0.3) is 0 Å². The van der Waals surface area contributed by atoms with Gasteiger partial charge in [0, 0.05) is 18.9 Å². The number of carbonyl (C=O) groups excluding carboxylic acids is 1. The van der Waals surface area contributed by atoms with E-state index in [4.69, 9.17) is 9.47 Å². The van der Waals surface area contributed by atoms with Crippen molar-refractivity contribution in [2.45, 2.75) is 25.8 Å². The van der Waals surface area contributed by atoms with Crippen LogP contribution in [-0.2, 0) is 11.3 Å². The molecular weight excluding hydrogens is 304 g/mol. The van der Waals surface area contributed by atoms with Crippen molar-refractivity contribution >= 4 is 18.3 Å². The van der Waals surface area contributed by atoms with Crippen molar-refractivity contribution in [3.05, 3.63) is 23.8 Å². The van der Waals surface area contributed by atoms with Crippen LogP contribution in [0.5, 0.6) is 11.5 Å². The Kier molecular flexibility index (Phi) is 6.34. The normalized spacial score (nSPS) is 18.0. The molecule has 0 unspecified atom stereocenters. The second-order valence-electron chi connectivity index (χ2n) is 5.57. The first-order valence-electron chi connectivity index (χ1n) is 7.70. The summed E-state index contributed by atoms with van der Waals surface area (Å²) in [5, 5.41) is 6.30. The number of hydrogen-bond acceptors (Lipinski definition) is 4. The lowest BCUT2D eigenvalue weighted by Gasteiger charge is -2.21. The topological polar surface area (TPSA) is 59.6 Å². The van der Waals surface area contributed by atoms with Gasteiger partial charge in [-0.1, -0.05) is 6.07 Å². The zero-order valence-electron chi connectivity index (χ0n) is 12.6. The zero-order valence-corrected chi connectivity index (χ0v) is 13.4. The smallest absolute Gasteiger partial charge is 0.223 e. The summed E-state index contributed by atoms with van der Waals surface area (Å²) in [6.45, 7) is 3.78. The monoisotopic (exact) mass is 326 g/mol. The van der Waals surface area contributed by atoms with Crippen molar-refractivity contribution in [3.63, 3.8) is 0 Å². The van der Waals surface area contributed by atoms with Gasteiger partial charge in [-0.05, 0) is 43.6 Å². The van der Waals surface area contributed by atoms with Crippen LogP contribution in [0.1, 0.15) is 24.8 Å². The molecule has 1 amide bonds. The molecule has 1 aromatic carbocycles. The quantitative estimate of drug-likeness (QED) is 0.890. The van der Waals surface area contributed by atoms with E-state index in [0.717, 1.165) is 49.4 Å². The number of rotatable bonds is 3. The van der Waals surface area contributed by atoms with Crippen LogP contribution in [0.4, 0.5) is 0 Å². The predicted molar refractivity (Wildman–Crippen MR) is 86.7 cm³/mol. The Labute approximate surface area is 137 Å². The predicted octanol–water partition coefficient (Wildman–Crippen LogP) is 1.89. The fraction of sp³-hybridized carbons (Fsp3) is 0.562.